The predicted octanol–water partition coefficient (Wildman–Crippen LogP) is 1.83. The van der Waals surface area contributed by atoms with E-state index in [2.05, 4.69) is 4.98 Å². The molecular weight excluding hydrogens is 216 g/mol. The predicted molar refractivity (Wildman–Crippen MR) is 54.5 cm³/mol. The van der Waals surface area contributed by atoms with Crippen LogP contribution in [0.2, 0.25) is 5.02 Å². The summed E-state index contributed by atoms with van der Waals surface area (Å²) in [5.74, 6) is 1.07. The molecule has 0 bridgehead atoms. The summed E-state index contributed by atoms with van der Waals surface area (Å²) in [5.41, 5.74) is 0.492. The van der Waals surface area contributed by atoms with Crippen LogP contribution in [0, 0.1) is 6.92 Å². The summed E-state index contributed by atoms with van der Waals surface area (Å²) >= 11 is 5.78. The molecule has 0 saturated heterocycles. The van der Waals surface area contributed by atoms with Crippen molar-refractivity contribution in [2.24, 2.45) is 7.05 Å². The van der Waals surface area contributed by atoms with Gasteiger partial charge in [-0.1, -0.05) is 22.4 Å². The molecule has 0 aliphatic carbocycles. The quantitative estimate of drug-likeness (QED) is 0.754. The molecule has 5 heteroatoms. The Morgan fingerprint density at radius 3 is 2.80 bits per heavy atom. The van der Waals surface area contributed by atoms with E-state index < -0.39 is 0 Å². The summed E-state index contributed by atoms with van der Waals surface area (Å²) < 4.78 is 6.85. The lowest BCUT2D eigenvalue weighted by Crippen LogP contribution is -2.27. The van der Waals surface area contributed by atoms with Crippen molar-refractivity contribution >= 4 is 11.6 Å². The zero-order chi connectivity index (χ0) is 11.0. The molecule has 0 unspecified atom stereocenters. The van der Waals surface area contributed by atoms with Gasteiger partial charge in [-0.05, 0) is 12.1 Å². The molecule has 0 aliphatic heterocycles. The van der Waals surface area contributed by atoms with Gasteiger partial charge in [0, 0.05) is 11.9 Å². The van der Waals surface area contributed by atoms with Crippen LogP contribution in [0.4, 0.5) is 0 Å². The second kappa shape index (κ2) is 3.55. The van der Waals surface area contributed by atoms with E-state index in [1.54, 1.807) is 25.2 Å². The maximum Gasteiger partial charge on any atom is 0.388 e. The zero-order valence-electron chi connectivity index (χ0n) is 8.36. The third kappa shape index (κ3) is 1.68. The standard InChI is InChI=1S/C10H9ClN2O2/c1-6-12-10(15-13(6)2)7-4-3-5-8(11)9(7)14/h3-5H,1-2H3/p+1. The van der Waals surface area contributed by atoms with Gasteiger partial charge in [-0.2, -0.15) is 0 Å². The minimum absolute atomic E-state index is 0.0129. The molecule has 78 valence electrons. The average molecular weight is 226 g/mol. The van der Waals surface area contributed by atoms with E-state index in [9.17, 15) is 5.11 Å². The van der Waals surface area contributed by atoms with Crippen molar-refractivity contribution in [2.75, 3.05) is 0 Å². The highest BCUT2D eigenvalue weighted by Crippen LogP contribution is 2.33. The van der Waals surface area contributed by atoms with Gasteiger partial charge in [0.2, 0.25) is 0 Å². The number of aromatic hydroxyl groups is 1. The van der Waals surface area contributed by atoms with Crippen molar-refractivity contribution in [3.8, 4) is 17.2 Å². The minimum atomic E-state index is -0.0129. The number of phenolic OH excluding ortho intramolecular Hbond substituents is 1. The number of benzene rings is 1. The topological polar surface area (TPSA) is 50.1 Å². The highest BCUT2D eigenvalue weighted by atomic mass is 35.5. The number of phenols is 1. The first-order chi connectivity index (χ1) is 7.09. The SMILES string of the molecule is Cc1nc(-c2cccc(Cl)c2O)o[n+]1C. The molecule has 0 saturated carbocycles. The fourth-order valence-electron chi connectivity index (χ4n) is 1.23. The maximum absolute atomic E-state index is 9.71. The molecule has 0 atom stereocenters. The number of rotatable bonds is 1. The lowest BCUT2D eigenvalue weighted by Gasteiger charge is -1.97. The minimum Gasteiger partial charge on any atom is -0.505 e. The van der Waals surface area contributed by atoms with Crippen LogP contribution in [0.15, 0.2) is 22.7 Å². The number of hydrogen-bond donors (Lipinski definition) is 1. The summed E-state index contributed by atoms with van der Waals surface area (Å²) in [6.07, 6.45) is 0. The lowest BCUT2D eigenvalue weighted by molar-refractivity contribution is -0.848. The summed E-state index contributed by atoms with van der Waals surface area (Å²) in [6, 6.07) is 5.04. The fourth-order valence-corrected chi connectivity index (χ4v) is 1.41. The number of para-hydroxylation sites is 1. The van der Waals surface area contributed by atoms with Crippen LogP contribution in [0.3, 0.4) is 0 Å². The van der Waals surface area contributed by atoms with E-state index in [-0.39, 0.29) is 10.8 Å². The Hall–Kier alpha value is -1.55. The molecule has 0 spiro atoms. The van der Waals surface area contributed by atoms with Crippen molar-refractivity contribution in [2.45, 2.75) is 6.92 Å². The fraction of sp³-hybridized carbons (Fsp3) is 0.200. The number of hydrogen-bond acceptors (Lipinski definition) is 3. The van der Waals surface area contributed by atoms with Gasteiger partial charge < -0.3 is 5.11 Å². The first-order valence-corrected chi connectivity index (χ1v) is 4.79. The average Bonchev–Trinajstić information content (AvgIpc) is 2.51. The summed E-state index contributed by atoms with van der Waals surface area (Å²) in [5, 5.41) is 9.99. The molecule has 1 aromatic carbocycles. The summed E-state index contributed by atoms with van der Waals surface area (Å²) in [6.45, 7) is 1.81. The van der Waals surface area contributed by atoms with Gasteiger partial charge in [-0.3, -0.25) is 4.52 Å². The summed E-state index contributed by atoms with van der Waals surface area (Å²) in [4.78, 5) is 4.16. The molecular formula is C10H10ClN2O2+. The molecule has 1 heterocycles. The Kier molecular flexibility index (Phi) is 2.36. The Morgan fingerprint density at radius 2 is 2.20 bits per heavy atom. The van der Waals surface area contributed by atoms with Gasteiger partial charge >= 0.3 is 11.7 Å². The normalized spacial score (nSPS) is 10.6. The molecule has 4 nitrogen and oxygen atoms in total. The van der Waals surface area contributed by atoms with Crippen molar-refractivity contribution in [1.82, 2.24) is 4.98 Å². The van der Waals surface area contributed by atoms with Crippen molar-refractivity contribution < 1.29 is 14.4 Å². The van der Waals surface area contributed by atoms with Crippen LogP contribution >= 0.6 is 11.6 Å². The third-order valence-corrected chi connectivity index (χ3v) is 2.46. The largest absolute Gasteiger partial charge is 0.505 e. The van der Waals surface area contributed by atoms with Crippen LogP contribution in [-0.2, 0) is 7.05 Å². The van der Waals surface area contributed by atoms with E-state index in [1.807, 2.05) is 6.92 Å². The van der Waals surface area contributed by atoms with Gasteiger partial charge in [0.25, 0.3) is 0 Å². The van der Waals surface area contributed by atoms with Crippen LogP contribution in [0.1, 0.15) is 5.82 Å². The molecule has 0 radical (unpaired) electrons. The number of aryl methyl sites for hydroxylation is 2. The molecule has 1 aromatic heterocycles. The van der Waals surface area contributed by atoms with Crippen molar-refractivity contribution in [3.05, 3.63) is 29.0 Å². The Bertz CT molecular complexity index is 489. The van der Waals surface area contributed by atoms with Gasteiger partial charge in [0.15, 0.2) is 0 Å². The number of nitrogens with zero attached hydrogens (tertiary/aromatic N) is 2. The van der Waals surface area contributed by atoms with Crippen LogP contribution in [-0.4, -0.2) is 10.1 Å². The van der Waals surface area contributed by atoms with Crippen molar-refractivity contribution in [3.63, 3.8) is 0 Å². The van der Waals surface area contributed by atoms with E-state index in [1.165, 1.54) is 4.74 Å². The van der Waals surface area contributed by atoms with E-state index >= 15 is 0 Å². The van der Waals surface area contributed by atoms with E-state index in [4.69, 9.17) is 16.1 Å². The first-order valence-electron chi connectivity index (χ1n) is 4.41. The zero-order valence-corrected chi connectivity index (χ0v) is 9.12. The highest BCUT2D eigenvalue weighted by molar-refractivity contribution is 6.32. The maximum atomic E-state index is 9.71. The van der Waals surface area contributed by atoms with Gasteiger partial charge in [-0.25, -0.2) is 0 Å². The summed E-state index contributed by atoms with van der Waals surface area (Å²) in [7, 11) is 1.74. The Balaban J connectivity index is 2.59. The smallest absolute Gasteiger partial charge is 0.388 e. The van der Waals surface area contributed by atoms with Gasteiger partial charge in [-0.15, -0.1) is 0 Å². The second-order valence-corrected chi connectivity index (χ2v) is 3.60. The van der Waals surface area contributed by atoms with Gasteiger partial charge in [0.05, 0.1) is 5.02 Å². The molecule has 0 aliphatic rings. The van der Waals surface area contributed by atoms with Gasteiger partial charge in [0.1, 0.15) is 18.4 Å². The second-order valence-electron chi connectivity index (χ2n) is 3.19. The first kappa shape index (κ1) is 9.98. The van der Waals surface area contributed by atoms with Crippen molar-refractivity contribution in [1.29, 1.82) is 0 Å². The third-order valence-electron chi connectivity index (χ3n) is 2.16. The molecule has 2 rings (SSSR count). The van der Waals surface area contributed by atoms with Crippen LogP contribution in [0.25, 0.3) is 11.5 Å². The Morgan fingerprint density at radius 1 is 1.47 bits per heavy atom. The molecule has 0 fully saturated rings. The molecule has 2 aromatic rings. The van der Waals surface area contributed by atoms with Crippen LogP contribution < -0.4 is 4.74 Å². The van der Waals surface area contributed by atoms with E-state index in [0.717, 1.165) is 5.82 Å². The van der Waals surface area contributed by atoms with Crippen LogP contribution in [0.5, 0.6) is 5.75 Å². The number of halogens is 1. The lowest BCUT2D eigenvalue weighted by atomic mass is 10.2. The Labute approximate surface area is 91.7 Å². The van der Waals surface area contributed by atoms with E-state index in [0.29, 0.717) is 11.5 Å². The molecule has 15 heavy (non-hydrogen) atoms. The highest BCUT2D eigenvalue weighted by Gasteiger charge is 2.21. The number of aromatic nitrogens is 2. The molecule has 1 N–H and O–H groups in total. The monoisotopic (exact) mass is 225 g/mol. The molecule has 0 amide bonds.